The summed E-state index contributed by atoms with van der Waals surface area (Å²) in [6, 6.07) is 5.52. The standard InChI is InChI=1S/C20H22N2O5S/c1-3-12-8-9-15-16(10-12)28-19(17(15)20(24)27-4-2)21-18(23)13-6-5-7-14(11-13)22(25)26/h5-7,11-12H,3-4,8-10H2,1-2H3,(H,21,23)/t12-/m1/s1. The first kappa shape index (κ1) is 20.0. The molecular formula is C20H22N2O5S. The molecule has 0 radical (unpaired) electrons. The third kappa shape index (κ3) is 4.06. The topological polar surface area (TPSA) is 98.5 Å². The van der Waals surface area contributed by atoms with Crippen LogP contribution < -0.4 is 5.32 Å². The zero-order valence-electron chi connectivity index (χ0n) is 15.8. The van der Waals surface area contributed by atoms with Crippen molar-refractivity contribution < 1.29 is 19.2 Å². The third-order valence-electron chi connectivity index (χ3n) is 4.97. The summed E-state index contributed by atoms with van der Waals surface area (Å²) >= 11 is 1.40. The summed E-state index contributed by atoms with van der Waals surface area (Å²) in [4.78, 5) is 36.7. The Hall–Kier alpha value is -2.74. The number of carbonyl (C=O) groups excluding carboxylic acids is 2. The van der Waals surface area contributed by atoms with Gasteiger partial charge in [0.05, 0.1) is 17.1 Å². The highest BCUT2D eigenvalue weighted by atomic mass is 32.1. The van der Waals surface area contributed by atoms with Crippen molar-refractivity contribution >= 4 is 33.9 Å². The largest absolute Gasteiger partial charge is 0.462 e. The quantitative estimate of drug-likeness (QED) is 0.432. The van der Waals surface area contributed by atoms with Gasteiger partial charge in [0, 0.05) is 22.6 Å². The van der Waals surface area contributed by atoms with Crippen LogP contribution in [0.4, 0.5) is 10.7 Å². The molecule has 28 heavy (non-hydrogen) atoms. The number of amides is 1. The Balaban J connectivity index is 1.93. The van der Waals surface area contributed by atoms with Crippen LogP contribution in [0.2, 0.25) is 0 Å². The number of benzene rings is 1. The maximum absolute atomic E-state index is 12.7. The van der Waals surface area contributed by atoms with Gasteiger partial charge in [-0.25, -0.2) is 4.79 Å². The zero-order valence-corrected chi connectivity index (χ0v) is 16.6. The van der Waals surface area contributed by atoms with E-state index >= 15 is 0 Å². The summed E-state index contributed by atoms with van der Waals surface area (Å²) in [5.41, 5.74) is 1.40. The molecule has 0 saturated heterocycles. The molecule has 148 valence electrons. The van der Waals surface area contributed by atoms with E-state index in [1.807, 2.05) is 0 Å². The summed E-state index contributed by atoms with van der Waals surface area (Å²) in [6.45, 7) is 4.14. The number of hydrogen-bond acceptors (Lipinski definition) is 6. The van der Waals surface area contributed by atoms with E-state index in [1.54, 1.807) is 6.92 Å². The fraction of sp³-hybridized carbons (Fsp3) is 0.400. The summed E-state index contributed by atoms with van der Waals surface area (Å²) in [5, 5.41) is 14.2. The summed E-state index contributed by atoms with van der Waals surface area (Å²) in [5.74, 6) is -0.356. The van der Waals surface area contributed by atoms with Crippen LogP contribution in [0.3, 0.4) is 0 Å². The molecule has 7 nitrogen and oxygen atoms in total. The molecule has 1 N–H and O–H groups in total. The Labute approximate surface area is 166 Å². The second-order valence-electron chi connectivity index (χ2n) is 6.71. The van der Waals surface area contributed by atoms with Crippen molar-refractivity contribution in [1.29, 1.82) is 0 Å². The molecule has 8 heteroatoms. The van der Waals surface area contributed by atoms with Crippen molar-refractivity contribution in [3.05, 3.63) is 55.9 Å². The predicted molar refractivity (Wildman–Crippen MR) is 107 cm³/mol. The first-order chi connectivity index (χ1) is 13.4. The molecule has 0 saturated carbocycles. The number of nitro groups is 1. The van der Waals surface area contributed by atoms with Gasteiger partial charge >= 0.3 is 5.97 Å². The number of rotatable bonds is 6. The summed E-state index contributed by atoms with van der Waals surface area (Å²) in [6.07, 6.45) is 3.74. The second kappa shape index (κ2) is 8.52. The lowest BCUT2D eigenvalue weighted by Gasteiger charge is -2.20. The van der Waals surface area contributed by atoms with Crippen molar-refractivity contribution in [3.63, 3.8) is 0 Å². The smallest absolute Gasteiger partial charge is 0.341 e. The van der Waals surface area contributed by atoms with Crippen molar-refractivity contribution in [2.75, 3.05) is 11.9 Å². The van der Waals surface area contributed by atoms with Crippen molar-refractivity contribution in [1.82, 2.24) is 0 Å². The average Bonchev–Trinajstić information content (AvgIpc) is 3.04. The van der Waals surface area contributed by atoms with Crippen LogP contribution >= 0.6 is 11.3 Å². The Morgan fingerprint density at radius 3 is 2.82 bits per heavy atom. The highest BCUT2D eigenvalue weighted by molar-refractivity contribution is 7.17. The number of esters is 1. The van der Waals surface area contributed by atoms with Crippen LogP contribution in [0.5, 0.6) is 0 Å². The number of nitrogens with zero attached hydrogens (tertiary/aromatic N) is 1. The van der Waals surface area contributed by atoms with Gasteiger partial charge in [0.1, 0.15) is 5.00 Å². The maximum Gasteiger partial charge on any atom is 0.341 e. The summed E-state index contributed by atoms with van der Waals surface area (Å²) in [7, 11) is 0. The molecule has 1 aliphatic rings. The number of thiophene rings is 1. The molecule has 0 bridgehead atoms. The number of nitrogens with one attached hydrogen (secondary N) is 1. The predicted octanol–water partition coefficient (Wildman–Crippen LogP) is 4.60. The molecule has 0 unspecified atom stereocenters. The molecule has 0 fully saturated rings. The number of non-ortho nitro benzene ring substituents is 1. The van der Waals surface area contributed by atoms with Gasteiger partial charge in [0.25, 0.3) is 11.6 Å². The highest BCUT2D eigenvalue weighted by Crippen LogP contribution is 2.41. The van der Waals surface area contributed by atoms with Gasteiger partial charge in [-0.3, -0.25) is 14.9 Å². The van der Waals surface area contributed by atoms with Crippen LogP contribution in [0.1, 0.15) is 57.8 Å². The Bertz CT molecular complexity index is 921. The first-order valence-corrected chi connectivity index (χ1v) is 10.1. The van der Waals surface area contributed by atoms with Crippen molar-refractivity contribution in [2.24, 2.45) is 5.92 Å². The van der Waals surface area contributed by atoms with Gasteiger partial charge < -0.3 is 10.1 Å². The number of ether oxygens (including phenoxy) is 1. The molecule has 0 spiro atoms. The van der Waals surface area contributed by atoms with Gasteiger partial charge in [-0.2, -0.15) is 0 Å². The van der Waals surface area contributed by atoms with Crippen LogP contribution in [-0.2, 0) is 17.6 Å². The van der Waals surface area contributed by atoms with E-state index < -0.39 is 16.8 Å². The zero-order chi connectivity index (χ0) is 20.3. The Morgan fingerprint density at radius 2 is 2.14 bits per heavy atom. The van der Waals surface area contributed by atoms with Crippen LogP contribution in [0.15, 0.2) is 24.3 Å². The van der Waals surface area contributed by atoms with E-state index in [9.17, 15) is 19.7 Å². The number of fused-ring (bicyclic) bond motifs is 1. The number of carbonyl (C=O) groups is 2. The van der Waals surface area contributed by atoms with Gasteiger partial charge in [-0.15, -0.1) is 11.3 Å². The van der Waals surface area contributed by atoms with E-state index in [1.165, 1.54) is 35.6 Å². The van der Waals surface area contributed by atoms with E-state index in [0.29, 0.717) is 16.5 Å². The van der Waals surface area contributed by atoms with Crippen LogP contribution in [-0.4, -0.2) is 23.4 Å². The monoisotopic (exact) mass is 402 g/mol. The number of anilines is 1. The van der Waals surface area contributed by atoms with Crippen molar-refractivity contribution in [2.45, 2.75) is 39.5 Å². The average molecular weight is 402 g/mol. The first-order valence-electron chi connectivity index (χ1n) is 9.32. The maximum atomic E-state index is 12.7. The Kier molecular flexibility index (Phi) is 6.08. The fourth-order valence-corrected chi connectivity index (χ4v) is 4.79. The second-order valence-corrected chi connectivity index (χ2v) is 7.81. The molecule has 1 amide bonds. The highest BCUT2D eigenvalue weighted by Gasteiger charge is 2.30. The van der Waals surface area contributed by atoms with Gasteiger partial charge in [-0.05, 0) is 43.7 Å². The molecule has 1 heterocycles. The van der Waals surface area contributed by atoms with E-state index in [0.717, 1.165) is 36.1 Å². The number of hydrogen-bond donors (Lipinski definition) is 1. The molecule has 3 rings (SSSR count). The minimum atomic E-state index is -0.546. The van der Waals surface area contributed by atoms with Gasteiger partial charge in [0.2, 0.25) is 0 Å². The van der Waals surface area contributed by atoms with Crippen LogP contribution in [0.25, 0.3) is 0 Å². The molecular weight excluding hydrogens is 380 g/mol. The van der Waals surface area contributed by atoms with Crippen LogP contribution in [0, 0.1) is 16.0 Å². The third-order valence-corrected chi connectivity index (χ3v) is 6.14. The van der Waals surface area contributed by atoms with Gasteiger partial charge in [0.15, 0.2) is 0 Å². The Morgan fingerprint density at radius 1 is 1.36 bits per heavy atom. The normalized spacial score (nSPS) is 15.6. The fourth-order valence-electron chi connectivity index (χ4n) is 3.45. The molecule has 0 aliphatic heterocycles. The van der Waals surface area contributed by atoms with Gasteiger partial charge in [-0.1, -0.05) is 19.4 Å². The lowest BCUT2D eigenvalue weighted by Crippen LogP contribution is -2.17. The lowest BCUT2D eigenvalue weighted by molar-refractivity contribution is -0.384. The molecule has 2 aromatic rings. The molecule has 1 aromatic carbocycles. The van der Waals surface area contributed by atoms with Crippen molar-refractivity contribution in [3.8, 4) is 0 Å². The SMILES string of the molecule is CCOC(=O)c1c(NC(=O)c2cccc([N+](=O)[O-])c2)sc2c1CC[C@@H](CC)C2. The summed E-state index contributed by atoms with van der Waals surface area (Å²) < 4.78 is 5.21. The lowest BCUT2D eigenvalue weighted by atomic mass is 9.85. The molecule has 1 atom stereocenters. The number of nitro benzene ring substituents is 1. The van der Waals surface area contributed by atoms with E-state index in [2.05, 4.69) is 12.2 Å². The van der Waals surface area contributed by atoms with E-state index in [4.69, 9.17) is 4.74 Å². The van der Waals surface area contributed by atoms with E-state index in [-0.39, 0.29) is 17.9 Å². The minimum absolute atomic E-state index is 0.158. The molecule has 1 aliphatic carbocycles. The minimum Gasteiger partial charge on any atom is -0.462 e. The molecule has 1 aromatic heterocycles.